The summed E-state index contributed by atoms with van der Waals surface area (Å²) in [5, 5.41) is 0. The van der Waals surface area contributed by atoms with E-state index >= 15 is 0 Å². The molecule has 0 N–H and O–H groups in total. The average Bonchev–Trinajstić information content (AvgIpc) is 3.01. The Kier molecular flexibility index (Phi) is 5.52. The molecule has 1 saturated heterocycles. The summed E-state index contributed by atoms with van der Waals surface area (Å²) in [7, 11) is 1.35. The minimum atomic E-state index is -0.480. The number of hydrogen-bond acceptors (Lipinski definition) is 4. The molecule has 1 aromatic rings. The fourth-order valence-corrected chi connectivity index (χ4v) is 3.02. The summed E-state index contributed by atoms with van der Waals surface area (Å²) in [5.74, 6) is 0.185. The maximum atomic E-state index is 12.5. The molecule has 0 saturated carbocycles. The number of carbonyl (C=O) groups excluding carboxylic acids is 2. The molecule has 1 fully saturated rings. The molecule has 5 heteroatoms. The van der Waals surface area contributed by atoms with Crippen LogP contribution in [0.4, 0.5) is 0 Å². The summed E-state index contributed by atoms with van der Waals surface area (Å²) in [6.07, 6.45) is 1.46. The van der Waals surface area contributed by atoms with Crippen LogP contribution in [0.3, 0.4) is 0 Å². The second-order valence-electron chi connectivity index (χ2n) is 7.31. The minimum Gasteiger partial charge on any atom is -0.483 e. The van der Waals surface area contributed by atoms with Crippen molar-refractivity contribution in [1.82, 2.24) is 4.90 Å². The third kappa shape index (κ3) is 4.08. The summed E-state index contributed by atoms with van der Waals surface area (Å²) in [5.41, 5.74) is 2.15. The molecule has 1 heterocycles. The van der Waals surface area contributed by atoms with Gasteiger partial charge < -0.3 is 14.4 Å². The van der Waals surface area contributed by atoms with Gasteiger partial charge in [0.05, 0.1) is 7.11 Å². The highest BCUT2D eigenvalue weighted by Gasteiger charge is 2.35. The van der Waals surface area contributed by atoms with Gasteiger partial charge in [0.15, 0.2) is 6.61 Å². The van der Waals surface area contributed by atoms with Crippen molar-refractivity contribution in [2.24, 2.45) is 0 Å². The molecule has 1 unspecified atom stereocenters. The summed E-state index contributed by atoms with van der Waals surface area (Å²) < 4.78 is 10.6. The van der Waals surface area contributed by atoms with Crippen LogP contribution in [0.5, 0.6) is 5.75 Å². The predicted octanol–water partition coefficient (Wildman–Crippen LogP) is 2.84. The van der Waals surface area contributed by atoms with Crippen LogP contribution in [0.25, 0.3) is 0 Å². The van der Waals surface area contributed by atoms with Crippen LogP contribution >= 0.6 is 0 Å². The van der Waals surface area contributed by atoms with E-state index in [1.807, 2.05) is 19.1 Å². The van der Waals surface area contributed by atoms with Crippen molar-refractivity contribution >= 4 is 11.9 Å². The largest absolute Gasteiger partial charge is 0.483 e. The van der Waals surface area contributed by atoms with Crippen LogP contribution in [0.15, 0.2) is 18.2 Å². The van der Waals surface area contributed by atoms with Crippen molar-refractivity contribution in [3.05, 3.63) is 29.3 Å². The SMILES string of the molecule is COC(=O)C1CCCN1C(=O)COc1ccc(C)cc1C(C)(C)C. The Morgan fingerprint density at radius 3 is 2.62 bits per heavy atom. The molecule has 132 valence electrons. The number of aryl methyl sites for hydroxylation is 1. The van der Waals surface area contributed by atoms with Gasteiger partial charge in [-0.25, -0.2) is 4.79 Å². The van der Waals surface area contributed by atoms with Gasteiger partial charge in [-0.1, -0.05) is 38.5 Å². The molecule has 0 radical (unpaired) electrons. The topological polar surface area (TPSA) is 55.8 Å². The van der Waals surface area contributed by atoms with Gasteiger partial charge in [-0.05, 0) is 36.8 Å². The third-order valence-electron chi connectivity index (χ3n) is 4.34. The molecule has 5 nitrogen and oxygen atoms in total. The molecule has 2 rings (SSSR count). The lowest BCUT2D eigenvalue weighted by molar-refractivity contribution is -0.151. The van der Waals surface area contributed by atoms with Gasteiger partial charge in [-0.3, -0.25) is 4.79 Å². The lowest BCUT2D eigenvalue weighted by Gasteiger charge is -2.25. The number of likely N-dealkylation sites (tertiary alicyclic amines) is 1. The average molecular weight is 333 g/mol. The van der Waals surface area contributed by atoms with Gasteiger partial charge in [-0.15, -0.1) is 0 Å². The van der Waals surface area contributed by atoms with Crippen molar-refractivity contribution in [2.75, 3.05) is 20.3 Å². The van der Waals surface area contributed by atoms with Gasteiger partial charge in [0.25, 0.3) is 5.91 Å². The van der Waals surface area contributed by atoms with E-state index in [9.17, 15) is 9.59 Å². The number of hydrogen-bond donors (Lipinski definition) is 0. The number of amides is 1. The summed E-state index contributed by atoms with van der Waals surface area (Å²) in [6.45, 7) is 8.88. The van der Waals surface area contributed by atoms with E-state index in [2.05, 4.69) is 26.8 Å². The van der Waals surface area contributed by atoms with Gasteiger partial charge in [0.1, 0.15) is 11.8 Å². The van der Waals surface area contributed by atoms with E-state index in [1.165, 1.54) is 7.11 Å². The summed E-state index contributed by atoms with van der Waals surface area (Å²) in [4.78, 5) is 25.8. The maximum Gasteiger partial charge on any atom is 0.328 e. The number of methoxy groups -OCH3 is 1. The van der Waals surface area contributed by atoms with E-state index < -0.39 is 6.04 Å². The molecule has 0 aromatic heterocycles. The molecule has 24 heavy (non-hydrogen) atoms. The Morgan fingerprint density at radius 2 is 2.00 bits per heavy atom. The quantitative estimate of drug-likeness (QED) is 0.795. The Balaban J connectivity index is 2.08. The number of nitrogens with zero attached hydrogens (tertiary/aromatic N) is 1. The smallest absolute Gasteiger partial charge is 0.328 e. The van der Waals surface area contributed by atoms with Crippen molar-refractivity contribution in [2.45, 2.75) is 52.0 Å². The number of benzene rings is 1. The molecule has 1 aliphatic rings. The fourth-order valence-electron chi connectivity index (χ4n) is 3.02. The van der Waals surface area contributed by atoms with Gasteiger partial charge in [0.2, 0.25) is 0 Å². The Bertz CT molecular complexity index is 618. The first-order valence-corrected chi connectivity index (χ1v) is 8.35. The first-order valence-electron chi connectivity index (χ1n) is 8.35. The zero-order chi connectivity index (χ0) is 17.9. The molecular weight excluding hydrogens is 306 g/mol. The molecule has 1 aliphatic heterocycles. The Labute approximate surface area is 143 Å². The molecule has 0 bridgehead atoms. The van der Waals surface area contributed by atoms with E-state index in [4.69, 9.17) is 9.47 Å². The molecule has 0 aliphatic carbocycles. The van der Waals surface area contributed by atoms with E-state index in [-0.39, 0.29) is 23.9 Å². The van der Waals surface area contributed by atoms with Crippen molar-refractivity contribution in [3.63, 3.8) is 0 Å². The van der Waals surface area contributed by atoms with Gasteiger partial charge >= 0.3 is 5.97 Å². The first-order chi connectivity index (χ1) is 11.2. The van der Waals surface area contributed by atoms with Crippen LogP contribution in [0.2, 0.25) is 0 Å². The number of carbonyl (C=O) groups is 2. The van der Waals surface area contributed by atoms with Crippen LogP contribution in [-0.4, -0.2) is 43.1 Å². The Hall–Kier alpha value is -2.04. The first kappa shape index (κ1) is 18.3. The van der Waals surface area contributed by atoms with Crippen LogP contribution < -0.4 is 4.74 Å². The Morgan fingerprint density at radius 1 is 1.29 bits per heavy atom. The lowest BCUT2D eigenvalue weighted by Crippen LogP contribution is -2.43. The minimum absolute atomic E-state index is 0.0698. The highest BCUT2D eigenvalue weighted by molar-refractivity contribution is 5.86. The molecule has 1 amide bonds. The number of esters is 1. The van der Waals surface area contributed by atoms with Crippen LogP contribution in [0.1, 0.15) is 44.7 Å². The highest BCUT2D eigenvalue weighted by atomic mass is 16.5. The zero-order valence-electron chi connectivity index (χ0n) is 15.2. The predicted molar refractivity (Wildman–Crippen MR) is 92.1 cm³/mol. The number of ether oxygens (including phenoxy) is 2. The van der Waals surface area contributed by atoms with E-state index in [1.54, 1.807) is 4.90 Å². The second-order valence-corrected chi connectivity index (χ2v) is 7.31. The van der Waals surface area contributed by atoms with Crippen LogP contribution in [-0.2, 0) is 19.7 Å². The third-order valence-corrected chi connectivity index (χ3v) is 4.34. The monoisotopic (exact) mass is 333 g/mol. The normalized spacial score (nSPS) is 17.7. The summed E-state index contributed by atoms with van der Waals surface area (Å²) >= 11 is 0. The van der Waals surface area contributed by atoms with Crippen molar-refractivity contribution in [3.8, 4) is 5.75 Å². The molecular formula is C19H27NO4. The highest BCUT2D eigenvalue weighted by Crippen LogP contribution is 2.32. The van der Waals surface area contributed by atoms with Gasteiger partial charge in [-0.2, -0.15) is 0 Å². The summed E-state index contributed by atoms with van der Waals surface area (Å²) in [6, 6.07) is 5.49. The molecule has 1 atom stereocenters. The standard InChI is InChI=1S/C19H27NO4/c1-13-8-9-16(14(11-13)19(2,3)4)24-12-17(21)20-10-6-7-15(20)18(22)23-5/h8-9,11,15H,6-7,10,12H2,1-5H3. The molecule has 0 spiro atoms. The second kappa shape index (κ2) is 7.24. The zero-order valence-corrected chi connectivity index (χ0v) is 15.2. The van der Waals surface area contributed by atoms with Gasteiger partial charge in [0, 0.05) is 6.54 Å². The number of rotatable bonds is 4. The van der Waals surface area contributed by atoms with Crippen molar-refractivity contribution < 1.29 is 19.1 Å². The maximum absolute atomic E-state index is 12.5. The van der Waals surface area contributed by atoms with Crippen LogP contribution in [0, 0.1) is 6.92 Å². The molecule has 1 aromatic carbocycles. The van der Waals surface area contributed by atoms with Crippen molar-refractivity contribution in [1.29, 1.82) is 0 Å². The van der Waals surface area contributed by atoms with E-state index in [0.717, 1.165) is 23.3 Å². The van der Waals surface area contributed by atoms with E-state index in [0.29, 0.717) is 13.0 Å². The lowest BCUT2D eigenvalue weighted by atomic mass is 9.85. The fraction of sp³-hybridized carbons (Fsp3) is 0.579.